The zero-order valence-electron chi connectivity index (χ0n) is 12.8. The molecule has 3 heterocycles. The first-order chi connectivity index (χ1) is 11.2. The topological polar surface area (TPSA) is 61.4 Å². The third-order valence-corrected chi connectivity index (χ3v) is 4.92. The third kappa shape index (κ3) is 2.74. The molecule has 0 aromatic carbocycles. The number of furan rings is 1. The molecule has 1 aliphatic heterocycles. The maximum atomic E-state index is 12.8. The van der Waals surface area contributed by atoms with E-state index in [4.69, 9.17) is 9.15 Å². The van der Waals surface area contributed by atoms with Gasteiger partial charge in [-0.25, -0.2) is 0 Å². The zero-order valence-corrected chi connectivity index (χ0v) is 13.6. The van der Waals surface area contributed by atoms with E-state index in [2.05, 4.69) is 6.58 Å². The smallest absolute Gasteiger partial charge is 0.314 e. The molecule has 120 valence electrons. The van der Waals surface area contributed by atoms with Crippen molar-refractivity contribution >= 4 is 23.5 Å². The average Bonchev–Trinajstić information content (AvgIpc) is 3.27. The lowest BCUT2D eigenvalue weighted by atomic mass is 10.1. The number of thioether (sulfide) groups is 1. The summed E-state index contributed by atoms with van der Waals surface area (Å²) in [5.74, 6) is 0.232. The van der Waals surface area contributed by atoms with Crippen molar-refractivity contribution < 1.29 is 18.7 Å². The quantitative estimate of drug-likeness (QED) is 0.352. The minimum atomic E-state index is -0.318. The second kappa shape index (κ2) is 6.50. The van der Waals surface area contributed by atoms with E-state index in [0.717, 1.165) is 10.6 Å². The van der Waals surface area contributed by atoms with Crippen LogP contribution in [0.4, 0.5) is 0 Å². The number of hydrogen-bond donors (Lipinski definition) is 0. The fourth-order valence-electron chi connectivity index (χ4n) is 2.88. The van der Waals surface area contributed by atoms with E-state index in [-0.39, 0.29) is 17.7 Å². The molecule has 3 rings (SSSR count). The van der Waals surface area contributed by atoms with Crippen molar-refractivity contribution in [2.45, 2.75) is 23.8 Å². The Bertz CT molecular complexity index is 745. The van der Waals surface area contributed by atoms with Gasteiger partial charge in [-0.3, -0.25) is 9.59 Å². The number of rotatable bonds is 6. The van der Waals surface area contributed by atoms with Gasteiger partial charge in [0.2, 0.25) is 5.78 Å². The number of ketones is 1. The lowest BCUT2D eigenvalue weighted by Crippen LogP contribution is -2.11. The van der Waals surface area contributed by atoms with Gasteiger partial charge in [0.05, 0.1) is 19.3 Å². The highest BCUT2D eigenvalue weighted by Gasteiger charge is 2.35. The van der Waals surface area contributed by atoms with Crippen LogP contribution in [0.2, 0.25) is 0 Å². The summed E-state index contributed by atoms with van der Waals surface area (Å²) in [5.41, 5.74) is 1.41. The van der Waals surface area contributed by atoms with Crippen LogP contribution in [-0.2, 0) is 16.1 Å². The fourth-order valence-corrected chi connectivity index (χ4v) is 3.72. The van der Waals surface area contributed by atoms with Crippen LogP contribution in [0.1, 0.15) is 34.3 Å². The molecule has 6 heteroatoms. The Morgan fingerprint density at radius 1 is 1.57 bits per heavy atom. The number of aromatic nitrogens is 1. The Morgan fingerprint density at radius 3 is 3.04 bits per heavy atom. The van der Waals surface area contributed by atoms with Gasteiger partial charge in [0.15, 0.2) is 5.76 Å². The van der Waals surface area contributed by atoms with Gasteiger partial charge in [-0.1, -0.05) is 6.08 Å². The summed E-state index contributed by atoms with van der Waals surface area (Å²) >= 11 is 1.52. The molecular formula is C17H17NO4S. The standard InChI is InChI=1S/C17H17NO4S/c1-3-9-23-14-10-12-11(17(20)21-2)6-7-18(12)15(14)16(19)13-5-4-8-22-13/h3-5,8,10-11H,1,6-7,9H2,2H3. The number of methoxy groups -OCH3 is 1. The van der Waals surface area contributed by atoms with Crippen molar-refractivity contribution in [3.05, 3.63) is 54.3 Å². The number of carbonyl (C=O) groups is 2. The number of nitrogens with zero attached hydrogens (tertiary/aromatic N) is 1. The maximum absolute atomic E-state index is 12.8. The Labute approximate surface area is 138 Å². The van der Waals surface area contributed by atoms with Crippen LogP contribution in [0, 0.1) is 0 Å². The summed E-state index contributed by atoms with van der Waals surface area (Å²) in [6.07, 6.45) is 3.91. The van der Waals surface area contributed by atoms with E-state index >= 15 is 0 Å². The van der Waals surface area contributed by atoms with E-state index in [0.29, 0.717) is 30.2 Å². The third-order valence-electron chi connectivity index (χ3n) is 3.89. The van der Waals surface area contributed by atoms with E-state index in [9.17, 15) is 9.59 Å². The highest BCUT2D eigenvalue weighted by molar-refractivity contribution is 7.99. The van der Waals surface area contributed by atoms with E-state index < -0.39 is 0 Å². The normalized spacial score (nSPS) is 16.1. The largest absolute Gasteiger partial charge is 0.469 e. The Kier molecular flexibility index (Phi) is 4.43. The molecule has 23 heavy (non-hydrogen) atoms. The SMILES string of the molecule is C=CCSc1cc2n(c1C(=O)c1ccco1)CCC2C(=O)OC. The summed E-state index contributed by atoms with van der Waals surface area (Å²) in [6, 6.07) is 5.25. The van der Waals surface area contributed by atoms with Crippen LogP contribution in [0.5, 0.6) is 0 Å². The van der Waals surface area contributed by atoms with Crippen LogP contribution in [0.3, 0.4) is 0 Å². The molecule has 1 atom stereocenters. The van der Waals surface area contributed by atoms with Gasteiger partial charge in [0, 0.05) is 22.9 Å². The van der Waals surface area contributed by atoms with Crippen molar-refractivity contribution in [1.82, 2.24) is 4.57 Å². The Hall–Kier alpha value is -2.21. The lowest BCUT2D eigenvalue weighted by molar-refractivity contribution is -0.142. The van der Waals surface area contributed by atoms with Gasteiger partial charge >= 0.3 is 5.97 Å². The molecule has 1 aliphatic rings. The van der Waals surface area contributed by atoms with Crippen molar-refractivity contribution in [2.24, 2.45) is 0 Å². The maximum Gasteiger partial charge on any atom is 0.314 e. The molecule has 0 spiro atoms. The molecule has 2 aromatic heterocycles. The van der Waals surface area contributed by atoms with Crippen molar-refractivity contribution in [1.29, 1.82) is 0 Å². The zero-order chi connectivity index (χ0) is 16.4. The fraction of sp³-hybridized carbons (Fsp3) is 0.294. The van der Waals surface area contributed by atoms with E-state index in [1.807, 2.05) is 10.6 Å². The molecule has 0 saturated heterocycles. The average molecular weight is 331 g/mol. The number of hydrogen-bond acceptors (Lipinski definition) is 5. The molecule has 0 radical (unpaired) electrons. The van der Waals surface area contributed by atoms with Crippen molar-refractivity contribution in [2.75, 3.05) is 12.9 Å². The van der Waals surface area contributed by atoms with Crippen molar-refractivity contribution in [3.8, 4) is 0 Å². The molecule has 5 nitrogen and oxygen atoms in total. The monoisotopic (exact) mass is 331 g/mol. The van der Waals surface area contributed by atoms with Crippen molar-refractivity contribution in [3.63, 3.8) is 0 Å². The Balaban J connectivity index is 2.05. The summed E-state index contributed by atoms with van der Waals surface area (Å²) in [7, 11) is 1.39. The van der Waals surface area contributed by atoms with Crippen LogP contribution >= 0.6 is 11.8 Å². The summed E-state index contributed by atoms with van der Waals surface area (Å²) < 4.78 is 12.0. The molecule has 0 fully saturated rings. The minimum absolute atomic E-state index is 0.168. The predicted molar refractivity (Wildman–Crippen MR) is 86.9 cm³/mol. The molecule has 0 aliphatic carbocycles. The van der Waals surface area contributed by atoms with Gasteiger partial charge in [0.1, 0.15) is 5.69 Å². The molecule has 0 saturated carbocycles. The molecule has 0 amide bonds. The number of ether oxygens (including phenoxy) is 1. The van der Waals surface area contributed by atoms with Crippen LogP contribution in [0.15, 0.2) is 46.4 Å². The van der Waals surface area contributed by atoms with Crippen LogP contribution in [0.25, 0.3) is 0 Å². The highest BCUT2D eigenvalue weighted by atomic mass is 32.2. The first-order valence-electron chi connectivity index (χ1n) is 7.30. The second-order valence-corrected chi connectivity index (χ2v) is 6.27. The molecule has 0 bridgehead atoms. The van der Waals surface area contributed by atoms with Crippen LogP contribution < -0.4 is 0 Å². The molecular weight excluding hydrogens is 314 g/mol. The van der Waals surface area contributed by atoms with Gasteiger partial charge < -0.3 is 13.7 Å². The first kappa shape index (κ1) is 15.7. The summed E-state index contributed by atoms with van der Waals surface area (Å²) in [4.78, 5) is 25.6. The minimum Gasteiger partial charge on any atom is -0.469 e. The lowest BCUT2D eigenvalue weighted by Gasteiger charge is -2.06. The second-order valence-electron chi connectivity index (χ2n) is 5.20. The summed E-state index contributed by atoms with van der Waals surface area (Å²) in [6.45, 7) is 4.33. The number of esters is 1. The van der Waals surface area contributed by atoms with E-state index in [1.54, 1.807) is 18.2 Å². The van der Waals surface area contributed by atoms with Gasteiger partial charge in [0.25, 0.3) is 0 Å². The highest BCUT2D eigenvalue weighted by Crippen LogP contribution is 2.38. The van der Waals surface area contributed by atoms with Gasteiger partial charge in [-0.2, -0.15) is 0 Å². The first-order valence-corrected chi connectivity index (χ1v) is 8.29. The molecule has 1 unspecified atom stereocenters. The number of fused-ring (bicyclic) bond motifs is 1. The van der Waals surface area contributed by atoms with E-state index in [1.165, 1.54) is 25.1 Å². The predicted octanol–water partition coefficient (Wildman–Crippen LogP) is 3.25. The summed E-state index contributed by atoms with van der Waals surface area (Å²) in [5, 5.41) is 0. The number of carbonyl (C=O) groups excluding carboxylic acids is 2. The van der Waals surface area contributed by atoms with Gasteiger partial charge in [-0.05, 0) is 24.6 Å². The molecule has 0 N–H and O–H groups in total. The van der Waals surface area contributed by atoms with Crippen LogP contribution in [-0.4, -0.2) is 29.2 Å². The van der Waals surface area contributed by atoms with Gasteiger partial charge in [-0.15, -0.1) is 18.3 Å². The Morgan fingerprint density at radius 2 is 2.39 bits per heavy atom. The molecule has 2 aromatic rings.